The number of aryl methyl sites for hydroxylation is 1. The molecule has 2 heterocycles. The van der Waals surface area contributed by atoms with Gasteiger partial charge < -0.3 is 14.4 Å². The minimum absolute atomic E-state index is 0.0201. The van der Waals surface area contributed by atoms with Crippen LogP contribution < -0.4 is 14.4 Å². The minimum atomic E-state index is -0.0201. The van der Waals surface area contributed by atoms with Gasteiger partial charge in [-0.05, 0) is 68.3 Å². The number of rotatable bonds is 9. The number of likely N-dealkylation sites (tertiary alicyclic amines) is 1. The molecule has 2 fully saturated rings. The van der Waals surface area contributed by atoms with Gasteiger partial charge in [0.15, 0.2) is 0 Å². The molecule has 0 saturated carbocycles. The van der Waals surface area contributed by atoms with Crippen molar-refractivity contribution in [2.75, 3.05) is 37.7 Å². The van der Waals surface area contributed by atoms with Crippen molar-refractivity contribution >= 4 is 17.9 Å². The van der Waals surface area contributed by atoms with E-state index in [1.54, 1.807) is 12.1 Å². The number of carbonyl (C=O) groups is 2. The Bertz CT molecular complexity index is 1250. The van der Waals surface area contributed by atoms with Crippen molar-refractivity contribution in [3.63, 3.8) is 0 Å². The molecular weight excluding hydrogens is 464 g/mol. The highest BCUT2D eigenvalue weighted by molar-refractivity contribution is 5.97. The Morgan fingerprint density at radius 1 is 0.892 bits per heavy atom. The molecule has 0 atom stereocenters. The summed E-state index contributed by atoms with van der Waals surface area (Å²) in [5.41, 5.74) is 5.89. The summed E-state index contributed by atoms with van der Waals surface area (Å²) >= 11 is 0. The van der Waals surface area contributed by atoms with Gasteiger partial charge in [-0.25, -0.2) is 0 Å². The summed E-state index contributed by atoms with van der Waals surface area (Å²) in [6.45, 7) is 10.5. The smallest absolute Gasteiger partial charge is 0.227 e. The first-order valence-electron chi connectivity index (χ1n) is 13.0. The lowest BCUT2D eigenvalue weighted by molar-refractivity contribution is -0.119. The van der Waals surface area contributed by atoms with Gasteiger partial charge in [0, 0.05) is 49.3 Å². The first kappa shape index (κ1) is 25.0. The van der Waals surface area contributed by atoms with Crippen LogP contribution in [0.3, 0.4) is 0 Å². The van der Waals surface area contributed by atoms with Crippen molar-refractivity contribution in [3.05, 3.63) is 77.4 Å². The number of carbonyl (C=O) groups excluding carboxylic acids is 2. The fraction of sp³-hybridized carbons (Fsp3) is 0.355. The standard InChI is InChI=1S/C31H34N2O4/c1-4-36-27-14-24(15-28(37-5-2)30(27)25-10-6-22(3)7-11-25)17-32-19-31(20-32)16-29(35)33(21-31)26-12-8-23(18-34)9-13-26/h6-15,18H,4-5,16-17,19-21H2,1-3H3. The second kappa shape index (κ2) is 10.4. The van der Waals surface area contributed by atoms with Gasteiger partial charge in [0.25, 0.3) is 0 Å². The van der Waals surface area contributed by atoms with Gasteiger partial charge in [0.05, 0.1) is 18.8 Å². The Labute approximate surface area is 218 Å². The molecule has 0 aliphatic carbocycles. The van der Waals surface area contributed by atoms with Crippen molar-refractivity contribution in [2.24, 2.45) is 5.41 Å². The van der Waals surface area contributed by atoms with E-state index in [1.807, 2.05) is 30.9 Å². The number of ether oxygens (including phenoxy) is 2. The lowest BCUT2D eigenvalue weighted by Crippen LogP contribution is -2.56. The van der Waals surface area contributed by atoms with Crippen LogP contribution in [0.15, 0.2) is 60.7 Å². The van der Waals surface area contributed by atoms with E-state index >= 15 is 0 Å². The Balaban J connectivity index is 1.32. The summed E-state index contributed by atoms with van der Waals surface area (Å²) in [6.07, 6.45) is 1.38. The molecule has 6 nitrogen and oxygen atoms in total. The van der Waals surface area contributed by atoms with Crippen LogP contribution in [0.4, 0.5) is 5.69 Å². The first-order chi connectivity index (χ1) is 17.9. The van der Waals surface area contributed by atoms with E-state index in [9.17, 15) is 9.59 Å². The largest absolute Gasteiger partial charge is 0.493 e. The molecular formula is C31H34N2O4. The summed E-state index contributed by atoms with van der Waals surface area (Å²) in [6, 6.07) is 20.0. The molecule has 2 aliphatic heterocycles. The molecule has 2 aliphatic rings. The zero-order chi connectivity index (χ0) is 26.0. The fourth-order valence-electron chi connectivity index (χ4n) is 5.63. The van der Waals surface area contributed by atoms with Crippen molar-refractivity contribution < 1.29 is 19.1 Å². The van der Waals surface area contributed by atoms with E-state index < -0.39 is 0 Å². The third kappa shape index (κ3) is 5.12. The summed E-state index contributed by atoms with van der Waals surface area (Å²) in [7, 11) is 0. The molecule has 37 heavy (non-hydrogen) atoms. The molecule has 2 saturated heterocycles. The van der Waals surface area contributed by atoms with Crippen LogP contribution in [0.1, 0.15) is 41.8 Å². The van der Waals surface area contributed by atoms with E-state index in [-0.39, 0.29) is 11.3 Å². The van der Waals surface area contributed by atoms with Crippen molar-refractivity contribution in [3.8, 4) is 22.6 Å². The summed E-state index contributed by atoms with van der Waals surface area (Å²) in [4.78, 5) is 28.0. The van der Waals surface area contributed by atoms with Crippen molar-refractivity contribution in [1.29, 1.82) is 0 Å². The van der Waals surface area contributed by atoms with Crippen LogP contribution in [0.5, 0.6) is 11.5 Å². The van der Waals surface area contributed by atoms with Gasteiger partial charge in [-0.3, -0.25) is 14.5 Å². The van der Waals surface area contributed by atoms with Crippen LogP contribution in [0.25, 0.3) is 11.1 Å². The maximum atomic E-state index is 12.8. The number of hydrogen-bond acceptors (Lipinski definition) is 5. The number of amides is 1. The minimum Gasteiger partial charge on any atom is -0.493 e. The van der Waals surface area contributed by atoms with Gasteiger partial charge in [-0.2, -0.15) is 0 Å². The molecule has 5 rings (SSSR count). The van der Waals surface area contributed by atoms with Crippen LogP contribution in [-0.2, 0) is 11.3 Å². The van der Waals surface area contributed by atoms with E-state index in [0.717, 1.165) is 59.8 Å². The SMILES string of the molecule is CCOc1cc(CN2CC3(CC(=O)N(c4ccc(C=O)cc4)C3)C2)cc(OCC)c1-c1ccc(C)cc1. The molecule has 3 aromatic rings. The average Bonchev–Trinajstić information content (AvgIpc) is 3.22. The van der Waals surface area contributed by atoms with E-state index in [4.69, 9.17) is 9.47 Å². The fourth-order valence-corrected chi connectivity index (χ4v) is 5.63. The Morgan fingerprint density at radius 3 is 2.08 bits per heavy atom. The molecule has 0 radical (unpaired) electrons. The van der Waals surface area contributed by atoms with Crippen molar-refractivity contribution in [1.82, 2.24) is 4.90 Å². The van der Waals surface area contributed by atoms with E-state index in [0.29, 0.717) is 31.7 Å². The molecule has 0 N–H and O–H groups in total. The predicted molar refractivity (Wildman–Crippen MR) is 145 cm³/mol. The van der Waals surface area contributed by atoms with Crippen LogP contribution in [-0.4, -0.2) is 49.9 Å². The lowest BCUT2D eigenvalue weighted by atomic mass is 9.78. The maximum absolute atomic E-state index is 12.8. The van der Waals surface area contributed by atoms with Gasteiger partial charge >= 0.3 is 0 Å². The quantitative estimate of drug-likeness (QED) is 0.364. The monoisotopic (exact) mass is 498 g/mol. The molecule has 0 aromatic heterocycles. The average molecular weight is 499 g/mol. The van der Waals surface area contributed by atoms with Gasteiger partial charge in [-0.1, -0.05) is 29.8 Å². The van der Waals surface area contributed by atoms with Crippen LogP contribution in [0.2, 0.25) is 0 Å². The van der Waals surface area contributed by atoms with Gasteiger partial charge in [0.1, 0.15) is 17.8 Å². The zero-order valence-corrected chi connectivity index (χ0v) is 21.8. The molecule has 1 amide bonds. The third-order valence-corrected chi connectivity index (χ3v) is 7.25. The normalized spacial score (nSPS) is 16.6. The topological polar surface area (TPSA) is 59.1 Å². The predicted octanol–water partition coefficient (Wildman–Crippen LogP) is 5.51. The molecule has 1 spiro atoms. The molecule has 6 heteroatoms. The highest BCUT2D eigenvalue weighted by atomic mass is 16.5. The highest BCUT2D eigenvalue weighted by Crippen LogP contribution is 2.44. The number of aldehydes is 1. The van der Waals surface area contributed by atoms with Crippen molar-refractivity contribution in [2.45, 2.75) is 33.7 Å². The number of anilines is 1. The second-order valence-electron chi connectivity index (χ2n) is 10.2. The number of benzene rings is 3. The summed E-state index contributed by atoms with van der Waals surface area (Å²) < 4.78 is 12.2. The highest BCUT2D eigenvalue weighted by Gasteiger charge is 2.51. The summed E-state index contributed by atoms with van der Waals surface area (Å²) in [5.74, 6) is 1.82. The Hall–Kier alpha value is -3.64. The first-order valence-corrected chi connectivity index (χ1v) is 13.0. The molecule has 3 aromatic carbocycles. The molecule has 0 bridgehead atoms. The van der Waals surface area contributed by atoms with Crippen LogP contribution >= 0.6 is 0 Å². The van der Waals surface area contributed by atoms with Gasteiger partial charge in [0.2, 0.25) is 5.91 Å². The lowest BCUT2D eigenvalue weighted by Gasteiger charge is -2.47. The third-order valence-electron chi connectivity index (χ3n) is 7.25. The molecule has 192 valence electrons. The summed E-state index contributed by atoms with van der Waals surface area (Å²) in [5, 5.41) is 0. The van der Waals surface area contributed by atoms with E-state index in [1.165, 1.54) is 5.56 Å². The second-order valence-corrected chi connectivity index (χ2v) is 10.2. The zero-order valence-electron chi connectivity index (χ0n) is 21.8. The Kier molecular flexibility index (Phi) is 7.02. The van der Waals surface area contributed by atoms with E-state index in [2.05, 4.69) is 48.2 Å². The number of hydrogen-bond donors (Lipinski definition) is 0. The van der Waals surface area contributed by atoms with Gasteiger partial charge in [-0.15, -0.1) is 0 Å². The molecule has 0 unspecified atom stereocenters. The Morgan fingerprint density at radius 2 is 1.51 bits per heavy atom. The van der Waals surface area contributed by atoms with Crippen LogP contribution in [0, 0.1) is 12.3 Å². The number of nitrogens with zero attached hydrogens (tertiary/aromatic N) is 2. The maximum Gasteiger partial charge on any atom is 0.227 e.